The van der Waals surface area contributed by atoms with E-state index in [2.05, 4.69) is 5.10 Å². The zero-order valence-corrected chi connectivity index (χ0v) is 14.5. The maximum Gasteiger partial charge on any atom is 0.408 e. The predicted molar refractivity (Wildman–Crippen MR) is 88.0 cm³/mol. The Hall–Kier alpha value is -1.51. The highest BCUT2D eigenvalue weighted by atomic mass is 35.5. The Kier molecular flexibility index (Phi) is 5.95. The van der Waals surface area contributed by atoms with Crippen molar-refractivity contribution in [1.29, 1.82) is 0 Å². The maximum absolute atomic E-state index is 13.6. The minimum atomic E-state index is -4.50. The van der Waals surface area contributed by atoms with Gasteiger partial charge in [0.05, 0.1) is 4.90 Å². The summed E-state index contributed by atoms with van der Waals surface area (Å²) < 4.78 is 43.1. The van der Waals surface area contributed by atoms with Gasteiger partial charge in [-0.1, -0.05) is 30.7 Å². The van der Waals surface area contributed by atoms with Crippen LogP contribution in [0.4, 0.5) is 13.2 Å². The van der Waals surface area contributed by atoms with Gasteiger partial charge in [0.15, 0.2) is 0 Å². The van der Waals surface area contributed by atoms with Crippen LogP contribution in [0.3, 0.4) is 0 Å². The van der Waals surface area contributed by atoms with Crippen molar-refractivity contribution in [3.8, 4) is 0 Å². The monoisotopic (exact) mass is 377 g/mol. The number of benzene rings is 1. The minimum Gasteiger partial charge on any atom is -0.266 e. The number of alkyl halides is 3. The minimum absolute atomic E-state index is 0.0622. The second kappa shape index (κ2) is 7.58. The summed E-state index contributed by atoms with van der Waals surface area (Å²) in [6, 6.07) is 5.06. The van der Waals surface area contributed by atoms with Gasteiger partial charge in [-0.2, -0.15) is 18.3 Å². The lowest BCUT2D eigenvalue weighted by Gasteiger charge is -2.31. The number of hydrogen-bond acceptors (Lipinski definition) is 4. The summed E-state index contributed by atoms with van der Waals surface area (Å²) in [6.45, 7) is 1.69. The first kappa shape index (κ1) is 18.8. The molecule has 0 unspecified atom stereocenters. The zero-order chi connectivity index (χ0) is 17.9. The van der Waals surface area contributed by atoms with E-state index in [0.29, 0.717) is 5.02 Å². The summed E-state index contributed by atoms with van der Waals surface area (Å²) in [5, 5.41) is 4.13. The molecule has 130 valence electrons. The van der Waals surface area contributed by atoms with E-state index >= 15 is 0 Å². The summed E-state index contributed by atoms with van der Waals surface area (Å²) in [4.78, 5) is 12.2. The van der Waals surface area contributed by atoms with Crippen LogP contribution in [0.2, 0.25) is 5.02 Å². The number of rotatable bonds is 5. The number of aromatic nitrogens is 2. The van der Waals surface area contributed by atoms with Gasteiger partial charge in [-0.3, -0.25) is 4.79 Å². The summed E-state index contributed by atoms with van der Waals surface area (Å²) in [5.41, 5.74) is -0.384. The van der Waals surface area contributed by atoms with Crippen LogP contribution < -0.4 is 5.56 Å². The van der Waals surface area contributed by atoms with Crippen LogP contribution in [-0.2, 0) is 7.05 Å². The highest BCUT2D eigenvalue weighted by Crippen LogP contribution is 2.42. The molecule has 0 aliphatic heterocycles. The fraction of sp³-hybridized carbons (Fsp3) is 0.333. The summed E-state index contributed by atoms with van der Waals surface area (Å²) >= 11 is 6.53. The Bertz CT molecular complexity index is 749. The Morgan fingerprint density at radius 3 is 2.46 bits per heavy atom. The number of halogens is 4. The first-order valence-corrected chi connectivity index (χ1v) is 8.18. The van der Waals surface area contributed by atoms with Crippen molar-refractivity contribution in [3.63, 3.8) is 0 Å². The Labute approximate surface area is 146 Å². The standard InChI is InChI=1S/C15H15ClF3N3OS/c1-3-22(24-12-8-9-20-21(2)14(12)23)13(15(17,18)19)10-4-6-11(16)7-5-10/h4-9,13H,3H2,1-2H3/t13-/m1/s1. The van der Waals surface area contributed by atoms with Gasteiger partial charge in [0.25, 0.3) is 5.56 Å². The van der Waals surface area contributed by atoms with Crippen molar-refractivity contribution in [3.05, 3.63) is 57.5 Å². The molecule has 0 aliphatic carbocycles. The second-order valence-electron chi connectivity index (χ2n) is 4.94. The van der Waals surface area contributed by atoms with E-state index in [-0.39, 0.29) is 17.0 Å². The molecule has 0 saturated heterocycles. The molecule has 2 rings (SSSR count). The first-order chi connectivity index (χ1) is 11.2. The Balaban J connectivity index is 2.41. The molecule has 1 aromatic heterocycles. The molecule has 4 nitrogen and oxygen atoms in total. The molecule has 0 amide bonds. The van der Waals surface area contributed by atoms with Crippen molar-refractivity contribution >= 4 is 23.5 Å². The zero-order valence-electron chi connectivity index (χ0n) is 12.9. The predicted octanol–water partition coefficient (Wildman–Crippen LogP) is 4.07. The lowest BCUT2D eigenvalue weighted by Crippen LogP contribution is -2.35. The van der Waals surface area contributed by atoms with Crippen LogP contribution in [0.15, 0.2) is 46.2 Å². The van der Waals surface area contributed by atoms with E-state index in [9.17, 15) is 18.0 Å². The van der Waals surface area contributed by atoms with Crippen LogP contribution in [0.5, 0.6) is 0 Å². The van der Waals surface area contributed by atoms with E-state index in [4.69, 9.17) is 11.6 Å². The van der Waals surface area contributed by atoms with Gasteiger partial charge in [0.2, 0.25) is 0 Å². The lowest BCUT2D eigenvalue weighted by atomic mass is 10.1. The van der Waals surface area contributed by atoms with Gasteiger partial charge < -0.3 is 0 Å². The smallest absolute Gasteiger partial charge is 0.266 e. The molecule has 2 aromatic rings. The molecule has 1 aromatic carbocycles. The highest BCUT2D eigenvalue weighted by molar-refractivity contribution is 7.97. The van der Waals surface area contributed by atoms with Crippen LogP contribution in [-0.4, -0.2) is 26.8 Å². The van der Waals surface area contributed by atoms with E-state index in [1.807, 2.05) is 0 Å². The topological polar surface area (TPSA) is 38.1 Å². The Morgan fingerprint density at radius 1 is 1.29 bits per heavy atom. The van der Waals surface area contributed by atoms with E-state index < -0.39 is 17.8 Å². The van der Waals surface area contributed by atoms with E-state index in [1.165, 1.54) is 43.6 Å². The van der Waals surface area contributed by atoms with Crippen molar-refractivity contribution < 1.29 is 13.2 Å². The van der Waals surface area contributed by atoms with Crippen molar-refractivity contribution in [2.24, 2.45) is 7.05 Å². The van der Waals surface area contributed by atoms with Gasteiger partial charge in [-0.15, -0.1) is 0 Å². The SMILES string of the molecule is CCN(Sc1ccnn(C)c1=O)[C@H](c1ccc(Cl)cc1)C(F)(F)F. The number of nitrogens with zero attached hydrogens (tertiary/aromatic N) is 3. The third-order valence-electron chi connectivity index (χ3n) is 3.28. The first-order valence-electron chi connectivity index (χ1n) is 7.03. The molecular formula is C15H15ClF3N3OS. The van der Waals surface area contributed by atoms with E-state index in [0.717, 1.165) is 20.9 Å². The molecule has 0 aliphatic rings. The summed E-state index contributed by atoms with van der Waals surface area (Å²) in [6.07, 6.45) is -3.13. The third-order valence-corrected chi connectivity index (χ3v) is 4.74. The number of hydrogen-bond donors (Lipinski definition) is 0. The normalized spacial score (nSPS) is 13.3. The lowest BCUT2D eigenvalue weighted by molar-refractivity contribution is -0.172. The fourth-order valence-electron chi connectivity index (χ4n) is 2.14. The molecule has 0 fully saturated rings. The quantitative estimate of drug-likeness (QED) is 0.736. The average molecular weight is 378 g/mol. The molecule has 0 saturated carbocycles. The van der Waals surface area contributed by atoms with Crippen molar-refractivity contribution in [1.82, 2.24) is 14.1 Å². The highest BCUT2D eigenvalue weighted by Gasteiger charge is 2.45. The average Bonchev–Trinajstić information content (AvgIpc) is 2.51. The van der Waals surface area contributed by atoms with Gasteiger partial charge in [0, 0.05) is 24.8 Å². The Morgan fingerprint density at radius 2 is 1.92 bits per heavy atom. The largest absolute Gasteiger partial charge is 0.408 e. The van der Waals surface area contributed by atoms with Gasteiger partial charge in [-0.25, -0.2) is 8.99 Å². The van der Waals surface area contributed by atoms with Crippen LogP contribution >= 0.6 is 23.5 Å². The number of aryl methyl sites for hydroxylation is 1. The third kappa shape index (κ3) is 4.31. The molecule has 1 heterocycles. The molecule has 0 bridgehead atoms. The molecule has 9 heteroatoms. The fourth-order valence-corrected chi connectivity index (χ4v) is 3.33. The molecule has 0 radical (unpaired) electrons. The van der Waals surface area contributed by atoms with Crippen molar-refractivity contribution in [2.75, 3.05) is 6.54 Å². The molecule has 24 heavy (non-hydrogen) atoms. The van der Waals surface area contributed by atoms with Crippen LogP contribution in [0.1, 0.15) is 18.5 Å². The van der Waals surface area contributed by atoms with E-state index in [1.54, 1.807) is 6.92 Å². The summed E-state index contributed by atoms with van der Waals surface area (Å²) in [5.74, 6) is 0. The van der Waals surface area contributed by atoms with Gasteiger partial charge >= 0.3 is 6.18 Å². The maximum atomic E-state index is 13.6. The molecule has 0 spiro atoms. The van der Waals surface area contributed by atoms with Crippen molar-refractivity contribution in [2.45, 2.75) is 24.0 Å². The van der Waals surface area contributed by atoms with Crippen LogP contribution in [0, 0.1) is 0 Å². The molecular weight excluding hydrogens is 363 g/mol. The summed E-state index contributed by atoms with van der Waals surface area (Å²) in [7, 11) is 1.45. The molecule has 1 atom stereocenters. The van der Waals surface area contributed by atoms with Gasteiger partial charge in [0.1, 0.15) is 6.04 Å². The van der Waals surface area contributed by atoms with Gasteiger partial charge in [-0.05, 0) is 35.7 Å². The molecule has 0 N–H and O–H groups in total. The van der Waals surface area contributed by atoms with Crippen LogP contribution in [0.25, 0.3) is 0 Å². The second-order valence-corrected chi connectivity index (χ2v) is 6.47.